The largest absolute Gasteiger partial charge is 0.432 e. The number of hydrogen-bond acceptors (Lipinski definition) is 2. The van der Waals surface area contributed by atoms with Gasteiger partial charge in [0.1, 0.15) is 0 Å². The van der Waals surface area contributed by atoms with Crippen molar-refractivity contribution in [1.29, 1.82) is 0 Å². The van der Waals surface area contributed by atoms with Crippen LogP contribution in [0.2, 0.25) is 18.1 Å². The van der Waals surface area contributed by atoms with Crippen LogP contribution in [0.25, 0.3) is 0 Å². The molecule has 0 aliphatic rings. The van der Waals surface area contributed by atoms with E-state index in [1.165, 1.54) is 0 Å². The molecular weight excluding hydrogens is 202 g/mol. The topological polar surface area (TPSA) is 46.2 Å². The Labute approximate surface area is 93.3 Å². The summed E-state index contributed by atoms with van der Waals surface area (Å²) in [7, 11) is -2.15. The SMILES string of the molecule is CC(C)(Cc1ccccc1N)[Si](C)(C)O. The average molecular weight is 223 g/mol. The van der Waals surface area contributed by atoms with Crippen molar-refractivity contribution in [3.8, 4) is 0 Å². The first-order valence-corrected chi connectivity index (χ1v) is 8.24. The van der Waals surface area contributed by atoms with E-state index >= 15 is 0 Å². The van der Waals surface area contributed by atoms with Crippen molar-refractivity contribution in [2.24, 2.45) is 0 Å². The van der Waals surface area contributed by atoms with Gasteiger partial charge in [0.15, 0.2) is 8.32 Å². The maximum absolute atomic E-state index is 10.2. The van der Waals surface area contributed by atoms with E-state index in [1.807, 2.05) is 37.4 Å². The van der Waals surface area contributed by atoms with Crippen molar-refractivity contribution < 1.29 is 4.80 Å². The standard InChI is InChI=1S/C12H21NOSi/c1-12(2,15(3,4)14)9-10-7-5-6-8-11(10)13/h5-8,14H,9,13H2,1-4H3. The van der Waals surface area contributed by atoms with E-state index in [0.29, 0.717) is 0 Å². The highest BCUT2D eigenvalue weighted by Gasteiger charge is 2.38. The molecule has 0 spiro atoms. The van der Waals surface area contributed by atoms with Gasteiger partial charge in [0.25, 0.3) is 0 Å². The molecule has 0 atom stereocenters. The van der Waals surface area contributed by atoms with E-state index in [4.69, 9.17) is 5.73 Å². The predicted molar refractivity (Wildman–Crippen MR) is 68.3 cm³/mol. The van der Waals surface area contributed by atoms with Gasteiger partial charge in [-0.2, -0.15) is 0 Å². The van der Waals surface area contributed by atoms with E-state index in [-0.39, 0.29) is 5.04 Å². The minimum atomic E-state index is -2.15. The molecule has 1 aromatic carbocycles. The summed E-state index contributed by atoms with van der Waals surface area (Å²) in [5.74, 6) is 0. The molecule has 0 unspecified atom stereocenters. The van der Waals surface area contributed by atoms with Crippen molar-refractivity contribution in [2.45, 2.75) is 38.4 Å². The highest BCUT2D eigenvalue weighted by Crippen LogP contribution is 2.39. The summed E-state index contributed by atoms with van der Waals surface area (Å²) in [5, 5.41) is -0.0531. The van der Waals surface area contributed by atoms with Gasteiger partial charge in [0.2, 0.25) is 0 Å². The summed E-state index contributed by atoms with van der Waals surface area (Å²) in [4.78, 5) is 10.2. The molecule has 3 N–H and O–H groups in total. The van der Waals surface area contributed by atoms with Crippen molar-refractivity contribution in [3.63, 3.8) is 0 Å². The fourth-order valence-electron chi connectivity index (χ4n) is 1.39. The van der Waals surface area contributed by atoms with Crippen LogP contribution in [0.1, 0.15) is 19.4 Å². The molecule has 1 rings (SSSR count). The molecule has 0 aliphatic heterocycles. The number of nitrogens with two attached hydrogens (primary N) is 1. The Morgan fingerprint density at radius 1 is 1.27 bits per heavy atom. The summed E-state index contributed by atoms with van der Waals surface area (Å²) >= 11 is 0. The van der Waals surface area contributed by atoms with Gasteiger partial charge in [-0.1, -0.05) is 32.0 Å². The molecule has 0 fully saturated rings. The number of rotatable bonds is 3. The zero-order valence-corrected chi connectivity index (χ0v) is 11.0. The zero-order chi connectivity index (χ0) is 11.7. The molecule has 2 nitrogen and oxygen atoms in total. The Morgan fingerprint density at radius 2 is 1.80 bits per heavy atom. The number of nitrogen functional groups attached to an aromatic ring is 1. The Balaban J connectivity index is 2.92. The monoisotopic (exact) mass is 223 g/mol. The van der Waals surface area contributed by atoms with E-state index in [2.05, 4.69) is 13.8 Å². The van der Waals surface area contributed by atoms with Gasteiger partial charge >= 0.3 is 0 Å². The Morgan fingerprint density at radius 3 is 2.27 bits per heavy atom. The Bertz CT molecular complexity index is 342. The quantitative estimate of drug-likeness (QED) is 0.611. The number of anilines is 1. The highest BCUT2D eigenvalue weighted by molar-refractivity contribution is 6.72. The summed E-state index contributed by atoms with van der Waals surface area (Å²) in [6.45, 7) is 8.19. The third-order valence-corrected chi connectivity index (χ3v) is 6.83. The summed E-state index contributed by atoms with van der Waals surface area (Å²) in [6, 6.07) is 7.88. The lowest BCUT2D eigenvalue weighted by molar-refractivity contribution is 0.468. The van der Waals surface area contributed by atoms with E-state index < -0.39 is 8.32 Å². The van der Waals surface area contributed by atoms with Crippen molar-refractivity contribution >= 4 is 14.0 Å². The van der Waals surface area contributed by atoms with Crippen LogP contribution >= 0.6 is 0 Å². The van der Waals surface area contributed by atoms with Gasteiger partial charge in [0, 0.05) is 5.69 Å². The van der Waals surface area contributed by atoms with Gasteiger partial charge in [-0.15, -0.1) is 0 Å². The van der Waals surface area contributed by atoms with Crippen LogP contribution in [0.15, 0.2) is 24.3 Å². The van der Waals surface area contributed by atoms with Crippen LogP contribution in [0, 0.1) is 0 Å². The molecule has 0 heterocycles. The molecule has 0 aliphatic carbocycles. The lowest BCUT2D eigenvalue weighted by atomic mass is 10.0. The molecule has 0 bridgehead atoms. The van der Waals surface area contributed by atoms with Crippen molar-refractivity contribution in [1.82, 2.24) is 0 Å². The third-order valence-electron chi connectivity index (χ3n) is 3.34. The number of hydrogen-bond donors (Lipinski definition) is 2. The molecule has 0 saturated heterocycles. The zero-order valence-electron chi connectivity index (χ0n) is 10.0. The predicted octanol–water partition coefficient (Wildman–Crippen LogP) is 2.79. The Kier molecular flexibility index (Phi) is 3.26. The van der Waals surface area contributed by atoms with Gasteiger partial charge in [-0.3, -0.25) is 0 Å². The van der Waals surface area contributed by atoms with Crippen LogP contribution in [-0.2, 0) is 6.42 Å². The first kappa shape index (κ1) is 12.3. The van der Waals surface area contributed by atoms with Crippen LogP contribution in [-0.4, -0.2) is 13.1 Å². The van der Waals surface area contributed by atoms with Crippen LogP contribution in [0.3, 0.4) is 0 Å². The number of benzene rings is 1. The van der Waals surface area contributed by atoms with Crippen molar-refractivity contribution in [3.05, 3.63) is 29.8 Å². The minimum absolute atomic E-state index is 0.0531. The molecular formula is C12H21NOSi. The van der Waals surface area contributed by atoms with Crippen LogP contribution in [0.4, 0.5) is 5.69 Å². The molecule has 15 heavy (non-hydrogen) atoms. The second kappa shape index (κ2) is 3.98. The second-order valence-corrected chi connectivity index (χ2v) is 9.79. The van der Waals surface area contributed by atoms with Gasteiger partial charge in [0.05, 0.1) is 0 Å². The maximum atomic E-state index is 10.2. The highest BCUT2D eigenvalue weighted by atomic mass is 28.4. The molecule has 1 aromatic rings. The fourth-order valence-corrected chi connectivity index (χ4v) is 2.01. The smallest absolute Gasteiger partial charge is 0.188 e. The first-order chi connectivity index (χ1) is 6.74. The average Bonchev–Trinajstić information content (AvgIpc) is 2.06. The van der Waals surface area contributed by atoms with E-state index in [9.17, 15) is 4.80 Å². The minimum Gasteiger partial charge on any atom is -0.432 e. The van der Waals surface area contributed by atoms with E-state index in [1.54, 1.807) is 0 Å². The van der Waals surface area contributed by atoms with Crippen LogP contribution < -0.4 is 5.73 Å². The second-order valence-electron chi connectivity index (χ2n) is 5.32. The maximum Gasteiger partial charge on any atom is 0.188 e. The summed E-state index contributed by atoms with van der Waals surface area (Å²) in [6.07, 6.45) is 0.843. The molecule has 3 heteroatoms. The van der Waals surface area contributed by atoms with E-state index in [0.717, 1.165) is 17.7 Å². The third kappa shape index (κ3) is 2.83. The summed E-state index contributed by atoms with van der Waals surface area (Å²) < 4.78 is 0. The normalized spacial score (nSPS) is 12.9. The van der Waals surface area contributed by atoms with Gasteiger partial charge < -0.3 is 10.5 Å². The lowest BCUT2D eigenvalue weighted by Gasteiger charge is -2.35. The molecule has 0 radical (unpaired) electrons. The fraction of sp³-hybridized carbons (Fsp3) is 0.500. The van der Waals surface area contributed by atoms with Crippen molar-refractivity contribution in [2.75, 3.05) is 5.73 Å². The Hall–Kier alpha value is -0.803. The first-order valence-electron chi connectivity index (χ1n) is 5.30. The summed E-state index contributed by atoms with van der Waals surface area (Å²) in [5.41, 5.74) is 7.86. The molecule has 84 valence electrons. The number of para-hydroxylation sites is 1. The lowest BCUT2D eigenvalue weighted by Crippen LogP contribution is -2.40. The van der Waals surface area contributed by atoms with Gasteiger partial charge in [-0.25, -0.2) is 0 Å². The van der Waals surface area contributed by atoms with Gasteiger partial charge in [-0.05, 0) is 36.2 Å². The van der Waals surface area contributed by atoms with Crippen LogP contribution in [0.5, 0.6) is 0 Å². The molecule has 0 saturated carbocycles. The molecule has 0 amide bonds. The molecule has 0 aromatic heterocycles.